The van der Waals surface area contributed by atoms with Gasteiger partial charge in [0.1, 0.15) is 5.76 Å². The highest BCUT2D eigenvalue weighted by molar-refractivity contribution is 7.10. The number of likely N-dealkylation sites (tertiary alicyclic amines) is 1. The average Bonchev–Trinajstić information content (AvgIpc) is 3.30. The molecule has 4 rings (SSSR count). The molecule has 0 aliphatic carbocycles. The van der Waals surface area contributed by atoms with E-state index in [1.54, 1.807) is 6.26 Å². The Hall–Kier alpha value is -1.59. The predicted molar refractivity (Wildman–Crippen MR) is 104 cm³/mol. The maximum absolute atomic E-state index is 13.3. The van der Waals surface area contributed by atoms with Crippen molar-refractivity contribution in [2.75, 3.05) is 19.6 Å². The van der Waals surface area contributed by atoms with Gasteiger partial charge in [-0.1, -0.05) is 19.8 Å². The summed E-state index contributed by atoms with van der Waals surface area (Å²) in [6.07, 6.45) is 8.41. The molecule has 2 atom stereocenters. The Bertz CT molecular complexity index is 724. The largest absolute Gasteiger partial charge is 0.468 e. The highest BCUT2D eigenvalue weighted by Gasteiger charge is 2.33. The number of carbonyl (C=O) groups is 1. The van der Waals surface area contributed by atoms with Crippen molar-refractivity contribution in [3.8, 4) is 0 Å². The van der Waals surface area contributed by atoms with Crippen LogP contribution in [0.1, 0.15) is 67.3 Å². The van der Waals surface area contributed by atoms with Gasteiger partial charge in [-0.3, -0.25) is 9.69 Å². The lowest BCUT2D eigenvalue weighted by molar-refractivity contribution is -0.136. The van der Waals surface area contributed by atoms with E-state index in [1.165, 1.54) is 23.3 Å². The van der Waals surface area contributed by atoms with Crippen molar-refractivity contribution in [2.45, 2.75) is 57.5 Å². The van der Waals surface area contributed by atoms with E-state index in [2.05, 4.69) is 34.2 Å². The number of amides is 1. The molecular formula is C21H28N2O2S. The van der Waals surface area contributed by atoms with Crippen molar-refractivity contribution < 1.29 is 9.21 Å². The van der Waals surface area contributed by atoms with Gasteiger partial charge in [-0.2, -0.15) is 0 Å². The van der Waals surface area contributed by atoms with Crippen molar-refractivity contribution in [1.29, 1.82) is 0 Å². The molecule has 2 aromatic heterocycles. The maximum atomic E-state index is 13.3. The van der Waals surface area contributed by atoms with Gasteiger partial charge in [-0.25, -0.2) is 0 Å². The van der Waals surface area contributed by atoms with Crippen LogP contribution in [0.4, 0.5) is 0 Å². The Morgan fingerprint density at radius 1 is 1.27 bits per heavy atom. The smallest absolute Gasteiger partial charge is 0.237 e. The maximum Gasteiger partial charge on any atom is 0.237 e. The molecule has 1 saturated heterocycles. The standard InChI is InChI=1S/C21H28N2O2S/c1-2-17-16-10-14-26-20(16)9-12-23(17)21(24)15-22-11-5-3-4-7-18(22)19-8-6-13-25-19/h6,8,10,13-14,17-18H,2-5,7,9,11-12,15H2,1H3. The van der Waals surface area contributed by atoms with E-state index in [4.69, 9.17) is 4.42 Å². The fourth-order valence-electron chi connectivity index (χ4n) is 4.56. The van der Waals surface area contributed by atoms with E-state index < -0.39 is 0 Å². The fourth-order valence-corrected chi connectivity index (χ4v) is 5.49. The van der Waals surface area contributed by atoms with Crippen molar-refractivity contribution in [2.24, 2.45) is 0 Å². The number of hydrogen-bond acceptors (Lipinski definition) is 4. The first-order chi connectivity index (χ1) is 12.8. The first-order valence-electron chi connectivity index (χ1n) is 9.91. The Morgan fingerprint density at radius 3 is 3.00 bits per heavy atom. The van der Waals surface area contributed by atoms with E-state index in [-0.39, 0.29) is 18.0 Å². The van der Waals surface area contributed by atoms with Gasteiger partial charge in [0.05, 0.1) is 24.9 Å². The molecule has 0 radical (unpaired) electrons. The van der Waals surface area contributed by atoms with Gasteiger partial charge in [0.2, 0.25) is 5.91 Å². The van der Waals surface area contributed by atoms with E-state index in [0.29, 0.717) is 6.54 Å². The van der Waals surface area contributed by atoms with Crippen LogP contribution < -0.4 is 0 Å². The van der Waals surface area contributed by atoms with Crippen LogP contribution in [0, 0.1) is 0 Å². The minimum absolute atomic E-state index is 0.234. The second-order valence-corrected chi connectivity index (χ2v) is 8.41. The minimum Gasteiger partial charge on any atom is -0.468 e. The second-order valence-electron chi connectivity index (χ2n) is 7.41. The topological polar surface area (TPSA) is 36.7 Å². The molecule has 1 amide bonds. The third kappa shape index (κ3) is 3.47. The van der Waals surface area contributed by atoms with E-state index >= 15 is 0 Å². The van der Waals surface area contributed by atoms with Crippen LogP contribution in [0.3, 0.4) is 0 Å². The molecule has 2 aliphatic heterocycles. The molecule has 0 spiro atoms. The zero-order valence-electron chi connectivity index (χ0n) is 15.5. The van der Waals surface area contributed by atoms with Crippen molar-refractivity contribution in [3.05, 3.63) is 46.0 Å². The van der Waals surface area contributed by atoms with Crippen LogP contribution in [0.25, 0.3) is 0 Å². The average molecular weight is 373 g/mol. The monoisotopic (exact) mass is 372 g/mol. The molecular weight excluding hydrogens is 344 g/mol. The lowest BCUT2D eigenvalue weighted by Crippen LogP contribution is -2.45. The second kappa shape index (κ2) is 7.97. The zero-order valence-corrected chi connectivity index (χ0v) is 16.3. The summed E-state index contributed by atoms with van der Waals surface area (Å²) in [5.74, 6) is 1.28. The number of carbonyl (C=O) groups excluding carboxylic acids is 1. The number of furan rings is 1. The molecule has 2 aromatic rings. The number of rotatable bonds is 4. The van der Waals surface area contributed by atoms with Gasteiger partial charge in [0.15, 0.2) is 0 Å². The third-order valence-electron chi connectivity index (χ3n) is 5.88. The van der Waals surface area contributed by atoms with Crippen molar-refractivity contribution in [1.82, 2.24) is 9.80 Å². The Morgan fingerprint density at radius 2 is 2.19 bits per heavy atom. The van der Waals surface area contributed by atoms with E-state index in [1.807, 2.05) is 17.4 Å². The van der Waals surface area contributed by atoms with Crippen LogP contribution in [-0.2, 0) is 11.2 Å². The Labute approximate surface area is 159 Å². The van der Waals surface area contributed by atoms with Crippen LogP contribution in [0.2, 0.25) is 0 Å². The molecule has 0 saturated carbocycles. The lowest BCUT2D eigenvalue weighted by atomic mass is 9.97. The van der Waals surface area contributed by atoms with Crippen LogP contribution >= 0.6 is 11.3 Å². The van der Waals surface area contributed by atoms with Crippen LogP contribution in [-0.4, -0.2) is 35.3 Å². The third-order valence-corrected chi connectivity index (χ3v) is 6.87. The summed E-state index contributed by atoms with van der Waals surface area (Å²) >= 11 is 1.83. The molecule has 0 bridgehead atoms. The molecule has 4 heterocycles. The Kier molecular flexibility index (Phi) is 5.46. The highest BCUT2D eigenvalue weighted by Crippen LogP contribution is 2.36. The number of hydrogen-bond donors (Lipinski definition) is 0. The summed E-state index contributed by atoms with van der Waals surface area (Å²) in [5, 5.41) is 2.17. The fraction of sp³-hybridized carbons (Fsp3) is 0.571. The molecule has 0 N–H and O–H groups in total. The molecule has 0 aromatic carbocycles. The minimum atomic E-state index is 0.234. The summed E-state index contributed by atoms with van der Waals surface area (Å²) in [5.41, 5.74) is 1.37. The molecule has 4 nitrogen and oxygen atoms in total. The molecule has 1 fully saturated rings. The number of thiophene rings is 1. The summed E-state index contributed by atoms with van der Waals surface area (Å²) in [6.45, 7) is 4.52. The van der Waals surface area contributed by atoms with Gasteiger partial charge in [-0.05, 0) is 61.4 Å². The number of fused-ring (bicyclic) bond motifs is 1. The van der Waals surface area contributed by atoms with Gasteiger partial charge in [0.25, 0.3) is 0 Å². The predicted octanol–water partition coefficient (Wildman–Crippen LogP) is 4.79. The van der Waals surface area contributed by atoms with Gasteiger partial charge < -0.3 is 9.32 Å². The first-order valence-corrected chi connectivity index (χ1v) is 10.8. The zero-order chi connectivity index (χ0) is 17.9. The lowest BCUT2D eigenvalue weighted by Gasteiger charge is -2.37. The molecule has 5 heteroatoms. The van der Waals surface area contributed by atoms with Gasteiger partial charge in [-0.15, -0.1) is 11.3 Å². The highest BCUT2D eigenvalue weighted by atomic mass is 32.1. The van der Waals surface area contributed by atoms with Crippen molar-refractivity contribution in [3.63, 3.8) is 0 Å². The molecule has 140 valence electrons. The SMILES string of the molecule is CCC1c2ccsc2CCN1C(=O)CN1CCCCCC1c1ccco1. The Balaban J connectivity index is 1.51. The van der Waals surface area contributed by atoms with E-state index in [9.17, 15) is 4.79 Å². The summed E-state index contributed by atoms with van der Waals surface area (Å²) in [7, 11) is 0. The van der Waals surface area contributed by atoms with Crippen molar-refractivity contribution >= 4 is 17.2 Å². The number of nitrogens with zero attached hydrogens (tertiary/aromatic N) is 2. The molecule has 2 unspecified atom stereocenters. The molecule has 26 heavy (non-hydrogen) atoms. The first kappa shape index (κ1) is 17.8. The quantitative estimate of drug-likeness (QED) is 0.774. The summed E-state index contributed by atoms with van der Waals surface area (Å²) in [6, 6.07) is 6.70. The molecule has 2 aliphatic rings. The van der Waals surface area contributed by atoms with Gasteiger partial charge >= 0.3 is 0 Å². The summed E-state index contributed by atoms with van der Waals surface area (Å²) < 4.78 is 5.70. The van der Waals surface area contributed by atoms with Gasteiger partial charge in [0, 0.05) is 11.4 Å². The van der Waals surface area contributed by atoms with Crippen LogP contribution in [0.15, 0.2) is 34.3 Å². The van der Waals surface area contributed by atoms with Crippen LogP contribution in [0.5, 0.6) is 0 Å². The summed E-state index contributed by atoms with van der Waals surface area (Å²) in [4.78, 5) is 19.2. The van der Waals surface area contributed by atoms with E-state index in [0.717, 1.165) is 44.5 Å². The normalized spacial score (nSPS) is 24.3.